The van der Waals surface area contributed by atoms with Gasteiger partial charge >= 0.3 is 0 Å². The van der Waals surface area contributed by atoms with Crippen LogP contribution in [0.1, 0.15) is 26.7 Å². The quantitative estimate of drug-likeness (QED) is 0.587. The molecule has 4 nitrogen and oxygen atoms in total. The molecule has 1 heterocycles. The highest BCUT2D eigenvalue weighted by molar-refractivity contribution is 5.77. The van der Waals surface area contributed by atoms with Gasteiger partial charge in [0.1, 0.15) is 6.61 Å². The number of nitrogens with zero attached hydrogens (tertiary/aromatic N) is 1. The van der Waals surface area contributed by atoms with Crippen molar-refractivity contribution in [3.8, 4) is 0 Å². The summed E-state index contributed by atoms with van der Waals surface area (Å²) in [6.45, 7) is 6.81. The van der Waals surface area contributed by atoms with Gasteiger partial charge in [0.15, 0.2) is 12.2 Å². The number of hydrogen-bond acceptors (Lipinski definition) is 4. The monoisotopic (exact) mass is 201 g/mol. The van der Waals surface area contributed by atoms with Crippen molar-refractivity contribution >= 4 is 5.90 Å². The average Bonchev–Trinajstić information content (AvgIpc) is 2.67. The zero-order chi connectivity index (χ0) is 10.2. The third kappa shape index (κ3) is 4.07. The molecule has 0 unspecified atom stereocenters. The Balaban J connectivity index is 2.17. The van der Waals surface area contributed by atoms with Crippen LogP contribution >= 0.6 is 0 Å². The van der Waals surface area contributed by atoms with Gasteiger partial charge in [0.2, 0.25) is 0 Å². The van der Waals surface area contributed by atoms with Crippen LogP contribution in [0.4, 0.5) is 0 Å². The van der Waals surface area contributed by atoms with Crippen LogP contribution in [-0.2, 0) is 14.2 Å². The standard InChI is InChI=1S/C10H19NO3/c1-3-12-10(13-4-2)6-5-9-11-7-8-14-9/h10H,3-8H2,1-2H3. The fraction of sp³-hybridized carbons (Fsp3) is 0.900. The normalized spacial score (nSPS) is 15.8. The molecular formula is C10H19NO3. The van der Waals surface area contributed by atoms with Gasteiger partial charge < -0.3 is 14.2 Å². The largest absolute Gasteiger partial charge is 0.479 e. The van der Waals surface area contributed by atoms with E-state index in [1.54, 1.807) is 0 Å². The van der Waals surface area contributed by atoms with E-state index in [-0.39, 0.29) is 6.29 Å². The molecule has 0 radical (unpaired) electrons. The topological polar surface area (TPSA) is 40.0 Å². The molecule has 0 aromatic carbocycles. The van der Waals surface area contributed by atoms with E-state index in [2.05, 4.69) is 4.99 Å². The van der Waals surface area contributed by atoms with E-state index in [1.165, 1.54) is 0 Å². The molecule has 82 valence electrons. The van der Waals surface area contributed by atoms with Crippen LogP contribution in [0, 0.1) is 0 Å². The Bertz CT molecular complexity index is 176. The molecule has 0 atom stereocenters. The van der Waals surface area contributed by atoms with Gasteiger partial charge in [0.25, 0.3) is 0 Å². The van der Waals surface area contributed by atoms with Crippen LogP contribution in [-0.4, -0.2) is 38.6 Å². The second-order valence-corrected chi connectivity index (χ2v) is 3.00. The van der Waals surface area contributed by atoms with Gasteiger partial charge in [-0.15, -0.1) is 0 Å². The Labute approximate surface area is 85.3 Å². The van der Waals surface area contributed by atoms with Gasteiger partial charge in [-0.1, -0.05) is 0 Å². The van der Waals surface area contributed by atoms with Gasteiger partial charge in [0.05, 0.1) is 6.54 Å². The maximum Gasteiger partial charge on any atom is 0.183 e. The average molecular weight is 201 g/mol. The van der Waals surface area contributed by atoms with E-state index in [9.17, 15) is 0 Å². The summed E-state index contributed by atoms with van der Waals surface area (Å²) in [4.78, 5) is 4.21. The summed E-state index contributed by atoms with van der Waals surface area (Å²) in [6.07, 6.45) is 1.52. The molecule has 0 spiro atoms. The van der Waals surface area contributed by atoms with E-state index in [0.29, 0.717) is 13.2 Å². The summed E-state index contributed by atoms with van der Waals surface area (Å²) in [5, 5.41) is 0. The Morgan fingerprint density at radius 1 is 1.36 bits per heavy atom. The van der Waals surface area contributed by atoms with Crippen LogP contribution in [0.2, 0.25) is 0 Å². The number of aliphatic imine (C=N–C) groups is 1. The molecule has 0 saturated heterocycles. The molecule has 0 saturated carbocycles. The van der Waals surface area contributed by atoms with E-state index < -0.39 is 0 Å². The summed E-state index contributed by atoms with van der Waals surface area (Å²) >= 11 is 0. The van der Waals surface area contributed by atoms with Crippen molar-refractivity contribution in [3.05, 3.63) is 0 Å². The molecule has 1 rings (SSSR count). The Kier molecular flexibility index (Phi) is 5.56. The van der Waals surface area contributed by atoms with Crippen molar-refractivity contribution in [2.24, 2.45) is 4.99 Å². The minimum absolute atomic E-state index is 0.114. The lowest BCUT2D eigenvalue weighted by molar-refractivity contribution is -0.138. The van der Waals surface area contributed by atoms with Crippen molar-refractivity contribution in [2.45, 2.75) is 33.0 Å². The predicted octanol–water partition coefficient (Wildman–Crippen LogP) is 1.59. The van der Waals surface area contributed by atoms with Gasteiger partial charge in [-0.25, -0.2) is 0 Å². The summed E-state index contributed by atoms with van der Waals surface area (Å²) < 4.78 is 16.1. The van der Waals surface area contributed by atoms with Crippen molar-refractivity contribution in [3.63, 3.8) is 0 Å². The van der Waals surface area contributed by atoms with Gasteiger partial charge in [0, 0.05) is 26.1 Å². The zero-order valence-corrected chi connectivity index (χ0v) is 8.99. The van der Waals surface area contributed by atoms with E-state index in [0.717, 1.165) is 31.9 Å². The molecule has 0 fully saturated rings. The number of hydrogen-bond donors (Lipinski definition) is 0. The highest BCUT2D eigenvalue weighted by Gasteiger charge is 2.12. The lowest BCUT2D eigenvalue weighted by Gasteiger charge is -2.16. The van der Waals surface area contributed by atoms with Gasteiger partial charge in [-0.3, -0.25) is 4.99 Å². The van der Waals surface area contributed by atoms with Gasteiger partial charge in [-0.05, 0) is 13.8 Å². The number of ether oxygens (including phenoxy) is 3. The first kappa shape index (κ1) is 11.5. The molecule has 0 amide bonds. The fourth-order valence-electron chi connectivity index (χ4n) is 1.36. The smallest absolute Gasteiger partial charge is 0.183 e. The van der Waals surface area contributed by atoms with Crippen LogP contribution in [0.5, 0.6) is 0 Å². The van der Waals surface area contributed by atoms with Crippen LogP contribution in [0.3, 0.4) is 0 Å². The molecule has 1 aliphatic rings. The minimum atomic E-state index is -0.114. The lowest BCUT2D eigenvalue weighted by Crippen LogP contribution is -2.18. The van der Waals surface area contributed by atoms with Crippen molar-refractivity contribution in [1.29, 1.82) is 0 Å². The van der Waals surface area contributed by atoms with Gasteiger partial charge in [-0.2, -0.15) is 0 Å². The van der Waals surface area contributed by atoms with Crippen LogP contribution in [0.15, 0.2) is 4.99 Å². The maximum atomic E-state index is 5.41. The van der Waals surface area contributed by atoms with E-state index >= 15 is 0 Å². The lowest BCUT2D eigenvalue weighted by atomic mass is 10.3. The molecule has 0 aromatic rings. The van der Waals surface area contributed by atoms with Crippen molar-refractivity contribution < 1.29 is 14.2 Å². The first-order valence-electron chi connectivity index (χ1n) is 5.26. The highest BCUT2D eigenvalue weighted by atomic mass is 16.7. The van der Waals surface area contributed by atoms with Crippen LogP contribution < -0.4 is 0 Å². The second-order valence-electron chi connectivity index (χ2n) is 3.00. The molecular weight excluding hydrogens is 182 g/mol. The molecule has 0 N–H and O–H groups in total. The SMILES string of the molecule is CCOC(CCC1=NCCO1)OCC. The molecule has 0 aromatic heterocycles. The number of rotatable bonds is 7. The fourth-order valence-corrected chi connectivity index (χ4v) is 1.36. The Morgan fingerprint density at radius 2 is 2.07 bits per heavy atom. The van der Waals surface area contributed by atoms with Crippen molar-refractivity contribution in [2.75, 3.05) is 26.4 Å². The first-order chi connectivity index (χ1) is 6.86. The Morgan fingerprint density at radius 3 is 2.57 bits per heavy atom. The third-order valence-corrected chi connectivity index (χ3v) is 1.95. The maximum absolute atomic E-state index is 5.41. The van der Waals surface area contributed by atoms with Crippen LogP contribution in [0.25, 0.3) is 0 Å². The molecule has 0 bridgehead atoms. The molecule has 4 heteroatoms. The minimum Gasteiger partial charge on any atom is -0.479 e. The van der Waals surface area contributed by atoms with E-state index in [1.807, 2.05) is 13.8 Å². The summed E-state index contributed by atoms with van der Waals surface area (Å²) in [5.41, 5.74) is 0. The summed E-state index contributed by atoms with van der Waals surface area (Å²) in [5.74, 6) is 0.842. The molecule has 1 aliphatic heterocycles. The predicted molar refractivity (Wildman–Crippen MR) is 54.5 cm³/mol. The molecule has 0 aliphatic carbocycles. The third-order valence-electron chi connectivity index (χ3n) is 1.95. The summed E-state index contributed by atoms with van der Waals surface area (Å²) in [6, 6.07) is 0. The highest BCUT2D eigenvalue weighted by Crippen LogP contribution is 2.08. The zero-order valence-electron chi connectivity index (χ0n) is 8.99. The first-order valence-corrected chi connectivity index (χ1v) is 5.26. The Hall–Kier alpha value is -0.610. The van der Waals surface area contributed by atoms with E-state index in [4.69, 9.17) is 14.2 Å². The molecule has 14 heavy (non-hydrogen) atoms. The summed E-state index contributed by atoms with van der Waals surface area (Å²) in [7, 11) is 0. The second kappa shape index (κ2) is 6.79. The van der Waals surface area contributed by atoms with Crippen molar-refractivity contribution in [1.82, 2.24) is 0 Å².